The molecule has 0 atom stereocenters. The van der Waals surface area contributed by atoms with E-state index in [0.29, 0.717) is 5.92 Å². The van der Waals surface area contributed by atoms with Gasteiger partial charge in [0.25, 0.3) is 0 Å². The summed E-state index contributed by atoms with van der Waals surface area (Å²) in [6.45, 7) is 5.53. The molecule has 3 aromatic heterocycles. The fourth-order valence-corrected chi connectivity index (χ4v) is 5.36. The summed E-state index contributed by atoms with van der Waals surface area (Å²) in [6.07, 6.45) is 4.25. The van der Waals surface area contributed by atoms with E-state index in [1.54, 1.807) is 11.3 Å². The lowest BCUT2D eigenvalue weighted by molar-refractivity contribution is 0.0616. The van der Waals surface area contributed by atoms with Crippen molar-refractivity contribution in [3.8, 4) is 0 Å². The van der Waals surface area contributed by atoms with Crippen molar-refractivity contribution in [2.75, 3.05) is 13.2 Å². The zero-order chi connectivity index (χ0) is 19.1. The maximum Gasteiger partial charge on any atom is 0.211 e. The first-order chi connectivity index (χ1) is 13.8. The Kier molecular flexibility index (Phi) is 5.61. The summed E-state index contributed by atoms with van der Waals surface area (Å²) < 4.78 is 9.93. The number of thiophene rings is 1. The first-order valence-electron chi connectivity index (χ1n) is 10.0. The lowest BCUT2D eigenvalue weighted by Gasteiger charge is -2.22. The molecule has 5 heteroatoms. The summed E-state index contributed by atoms with van der Waals surface area (Å²) in [7, 11) is 0. The molecule has 152 valence electrons. The van der Waals surface area contributed by atoms with Gasteiger partial charge in [0.05, 0.1) is 5.69 Å². The van der Waals surface area contributed by atoms with Crippen LogP contribution in [0, 0.1) is 5.92 Å². The van der Waals surface area contributed by atoms with Gasteiger partial charge in [-0.1, -0.05) is 25.6 Å². The SMILES string of the molecule is C.CCn1c(C(=O)c2cn(CC3CCOCC3)c3ccccc23)cc2ccsc21. The molecule has 1 aliphatic rings. The van der Waals surface area contributed by atoms with Crippen LogP contribution in [0.1, 0.15) is 43.2 Å². The van der Waals surface area contributed by atoms with Gasteiger partial charge in [-0.15, -0.1) is 11.3 Å². The Morgan fingerprint density at radius 1 is 1.21 bits per heavy atom. The predicted octanol–water partition coefficient (Wildman–Crippen LogP) is 5.97. The molecule has 0 bridgehead atoms. The van der Waals surface area contributed by atoms with Crippen molar-refractivity contribution < 1.29 is 9.53 Å². The second kappa shape index (κ2) is 8.17. The summed E-state index contributed by atoms with van der Waals surface area (Å²) in [5, 5.41) is 4.29. The molecule has 29 heavy (non-hydrogen) atoms. The van der Waals surface area contributed by atoms with Gasteiger partial charge in [0.1, 0.15) is 4.83 Å². The van der Waals surface area contributed by atoms with Crippen LogP contribution >= 0.6 is 11.3 Å². The first kappa shape index (κ1) is 19.9. The summed E-state index contributed by atoms with van der Waals surface area (Å²) in [5.74, 6) is 0.726. The Morgan fingerprint density at radius 2 is 2.00 bits per heavy atom. The van der Waals surface area contributed by atoms with E-state index in [1.807, 2.05) is 12.1 Å². The Bertz CT molecular complexity index is 1140. The monoisotopic (exact) mass is 408 g/mol. The van der Waals surface area contributed by atoms with Crippen LogP contribution in [0.4, 0.5) is 0 Å². The smallest absolute Gasteiger partial charge is 0.211 e. The van der Waals surface area contributed by atoms with Gasteiger partial charge in [0.15, 0.2) is 0 Å². The largest absolute Gasteiger partial charge is 0.381 e. The van der Waals surface area contributed by atoms with E-state index >= 15 is 0 Å². The van der Waals surface area contributed by atoms with E-state index in [0.717, 1.165) is 66.7 Å². The van der Waals surface area contributed by atoms with Crippen molar-refractivity contribution in [2.24, 2.45) is 5.92 Å². The molecule has 4 heterocycles. The van der Waals surface area contributed by atoms with E-state index in [2.05, 4.69) is 51.9 Å². The van der Waals surface area contributed by atoms with Crippen LogP contribution in [0.15, 0.2) is 48.0 Å². The van der Waals surface area contributed by atoms with E-state index in [4.69, 9.17) is 4.74 Å². The molecule has 0 amide bonds. The number of rotatable bonds is 5. The van der Waals surface area contributed by atoms with E-state index in [-0.39, 0.29) is 13.2 Å². The molecule has 0 radical (unpaired) electrons. The van der Waals surface area contributed by atoms with Crippen LogP contribution in [0.3, 0.4) is 0 Å². The van der Waals surface area contributed by atoms with Crippen molar-refractivity contribution in [1.29, 1.82) is 0 Å². The number of carbonyl (C=O) groups excluding carboxylic acids is 1. The summed E-state index contributed by atoms with van der Waals surface area (Å²) in [4.78, 5) is 14.7. The Morgan fingerprint density at radius 3 is 2.79 bits per heavy atom. The minimum absolute atomic E-state index is 0. The maximum atomic E-state index is 13.6. The first-order valence-corrected chi connectivity index (χ1v) is 10.9. The Labute approximate surface area is 175 Å². The predicted molar refractivity (Wildman–Crippen MR) is 121 cm³/mol. The molecule has 1 saturated heterocycles. The third-order valence-electron chi connectivity index (χ3n) is 5.88. The van der Waals surface area contributed by atoms with Gasteiger partial charge in [-0.3, -0.25) is 4.79 Å². The third kappa shape index (κ3) is 3.43. The molecule has 0 N–H and O–H groups in total. The molecule has 1 fully saturated rings. The molecular weight excluding hydrogens is 380 g/mol. The number of benzene rings is 1. The van der Waals surface area contributed by atoms with Crippen LogP contribution in [0.25, 0.3) is 21.1 Å². The highest BCUT2D eigenvalue weighted by Gasteiger charge is 2.23. The lowest BCUT2D eigenvalue weighted by atomic mass is 10.0. The van der Waals surface area contributed by atoms with Crippen molar-refractivity contribution in [3.05, 3.63) is 59.2 Å². The topological polar surface area (TPSA) is 36.2 Å². The molecule has 1 aromatic carbocycles. The van der Waals surface area contributed by atoms with Gasteiger partial charge in [-0.2, -0.15) is 0 Å². The number of ether oxygens (including phenoxy) is 1. The molecule has 0 unspecified atom stereocenters. The fourth-order valence-electron chi connectivity index (χ4n) is 4.40. The van der Waals surface area contributed by atoms with Gasteiger partial charge in [-0.25, -0.2) is 0 Å². The average molecular weight is 409 g/mol. The Balaban J connectivity index is 0.00000205. The maximum absolute atomic E-state index is 13.6. The van der Waals surface area contributed by atoms with Crippen LogP contribution in [0.2, 0.25) is 0 Å². The van der Waals surface area contributed by atoms with Crippen LogP contribution in [0.5, 0.6) is 0 Å². The number of fused-ring (bicyclic) bond motifs is 2. The van der Waals surface area contributed by atoms with E-state index in [1.165, 1.54) is 4.83 Å². The highest BCUT2D eigenvalue weighted by molar-refractivity contribution is 7.16. The fraction of sp³-hybridized carbons (Fsp3) is 0.375. The minimum Gasteiger partial charge on any atom is -0.381 e. The third-order valence-corrected chi connectivity index (χ3v) is 6.83. The van der Waals surface area contributed by atoms with Crippen LogP contribution in [-0.2, 0) is 17.8 Å². The average Bonchev–Trinajstić information content (AvgIpc) is 3.41. The van der Waals surface area contributed by atoms with Crippen molar-refractivity contribution in [1.82, 2.24) is 9.13 Å². The van der Waals surface area contributed by atoms with Gasteiger partial charge in [-0.05, 0) is 49.3 Å². The van der Waals surface area contributed by atoms with Gasteiger partial charge >= 0.3 is 0 Å². The Hall–Kier alpha value is -2.37. The van der Waals surface area contributed by atoms with Crippen molar-refractivity contribution >= 4 is 38.2 Å². The summed E-state index contributed by atoms with van der Waals surface area (Å²) in [5.41, 5.74) is 2.74. The number of ketones is 1. The molecule has 1 aliphatic heterocycles. The van der Waals surface area contributed by atoms with Gasteiger partial charge in [0.2, 0.25) is 5.78 Å². The van der Waals surface area contributed by atoms with Crippen LogP contribution < -0.4 is 0 Å². The van der Waals surface area contributed by atoms with Crippen molar-refractivity contribution in [3.63, 3.8) is 0 Å². The highest BCUT2D eigenvalue weighted by atomic mass is 32.1. The van der Waals surface area contributed by atoms with Gasteiger partial charge in [0, 0.05) is 54.4 Å². The number of para-hydroxylation sites is 1. The van der Waals surface area contributed by atoms with E-state index in [9.17, 15) is 4.79 Å². The second-order valence-corrected chi connectivity index (χ2v) is 8.45. The number of nitrogens with zero attached hydrogens (tertiary/aromatic N) is 2. The summed E-state index contributed by atoms with van der Waals surface area (Å²) in [6, 6.07) is 12.4. The zero-order valence-corrected chi connectivity index (χ0v) is 16.9. The highest BCUT2D eigenvalue weighted by Crippen LogP contribution is 2.30. The number of hydrogen-bond donors (Lipinski definition) is 0. The zero-order valence-electron chi connectivity index (χ0n) is 16.1. The van der Waals surface area contributed by atoms with E-state index < -0.39 is 0 Å². The standard InChI is InChI=1S/C23H24N2O2S.CH4/c1-2-25-21(13-17-9-12-28-23(17)25)22(26)19-15-24(14-16-7-10-27-11-8-16)20-6-4-3-5-18(19)20;/h3-6,9,12-13,15-16H,2,7-8,10-11,14H2,1H3;1H4. The van der Waals surface area contributed by atoms with Gasteiger partial charge < -0.3 is 13.9 Å². The number of aromatic nitrogens is 2. The molecule has 0 aliphatic carbocycles. The number of carbonyl (C=O) groups is 1. The second-order valence-electron chi connectivity index (χ2n) is 7.55. The quantitative estimate of drug-likeness (QED) is 0.381. The molecule has 4 aromatic rings. The lowest BCUT2D eigenvalue weighted by Crippen LogP contribution is -2.20. The molecule has 0 spiro atoms. The molecule has 5 rings (SSSR count). The van der Waals surface area contributed by atoms with Crippen molar-refractivity contribution in [2.45, 2.75) is 40.3 Å². The normalized spacial score (nSPS) is 15.1. The summed E-state index contributed by atoms with van der Waals surface area (Å²) >= 11 is 1.70. The minimum atomic E-state index is 0. The number of aryl methyl sites for hydroxylation is 1. The molecule has 4 nitrogen and oxygen atoms in total. The molecule has 0 saturated carbocycles. The van der Waals surface area contributed by atoms with Crippen LogP contribution in [-0.4, -0.2) is 28.1 Å². The number of hydrogen-bond acceptors (Lipinski definition) is 3. The molecular formula is C24H28N2O2S.